The van der Waals surface area contributed by atoms with Crippen molar-refractivity contribution >= 4 is 17.4 Å². The second-order valence-corrected chi connectivity index (χ2v) is 9.06. The summed E-state index contributed by atoms with van der Waals surface area (Å²) in [6.07, 6.45) is 8.75. The molecule has 0 spiro atoms. The Kier molecular flexibility index (Phi) is 8.09. The van der Waals surface area contributed by atoms with Gasteiger partial charge in [0.1, 0.15) is 0 Å². The largest absolute Gasteiger partial charge is 0.658 e. The van der Waals surface area contributed by atoms with E-state index in [9.17, 15) is 0 Å². The number of rotatable bonds is 5. The molecule has 27 heavy (non-hydrogen) atoms. The zero-order valence-corrected chi connectivity index (χ0v) is 21.8. The standard InChI is InChI=1S/C22H28N3S.Ac/c1-22(7-13-25(14-8-22)20-5-11-23-12-6-20)9-15-26-21-3-2-18-4-10-24-17-19(18)16-21;/h2-3,5-6,11-12,16H,4,7-10,13-15,17H2,1H3;/q-1;. The quantitative estimate of drug-likeness (QED) is 0.441. The summed E-state index contributed by atoms with van der Waals surface area (Å²) in [6, 6.07) is 11.3. The van der Waals surface area contributed by atoms with Crippen molar-refractivity contribution in [2.45, 2.75) is 44.0 Å². The first kappa shape index (κ1) is 21.6. The normalized spacial score (nSPS) is 18.5. The smallest absolute Gasteiger partial charge is 0.0397 e. The molecule has 141 valence electrons. The topological polar surface area (TPSA) is 30.2 Å². The van der Waals surface area contributed by atoms with Crippen LogP contribution in [0.2, 0.25) is 0 Å². The van der Waals surface area contributed by atoms with E-state index in [1.54, 1.807) is 0 Å². The van der Waals surface area contributed by atoms with Crippen molar-refractivity contribution in [3.63, 3.8) is 0 Å². The molecular formula is C22H28AcN3S-. The van der Waals surface area contributed by atoms with Gasteiger partial charge in [-0.05, 0) is 66.7 Å². The van der Waals surface area contributed by atoms with Crippen LogP contribution in [0.4, 0.5) is 5.69 Å². The number of piperidine rings is 1. The Labute approximate surface area is 203 Å². The van der Waals surface area contributed by atoms with Gasteiger partial charge in [0.15, 0.2) is 0 Å². The molecular weight excluding hydrogens is 565 g/mol. The molecule has 1 aromatic carbocycles. The van der Waals surface area contributed by atoms with Gasteiger partial charge in [0.2, 0.25) is 0 Å². The van der Waals surface area contributed by atoms with Gasteiger partial charge >= 0.3 is 0 Å². The van der Waals surface area contributed by atoms with Crippen LogP contribution in [0, 0.1) is 49.5 Å². The molecule has 1 fully saturated rings. The molecule has 1 aromatic heterocycles. The second-order valence-electron chi connectivity index (χ2n) is 7.89. The minimum atomic E-state index is 0. The van der Waals surface area contributed by atoms with E-state index in [4.69, 9.17) is 0 Å². The van der Waals surface area contributed by atoms with Gasteiger partial charge in [0.05, 0.1) is 0 Å². The Morgan fingerprint density at radius 1 is 1.11 bits per heavy atom. The van der Waals surface area contributed by atoms with Crippen LogP contribution in [-0.4, -0.2) is 30.4 Å². The molecule has 5 heteroatoms. The molecule has 0 saturated carbocycles. The predicted molar refractivity (Wildman–Crippen MR) is 111 cm³/mol. The summed E-state index contributed by atoms with van der Waals surface area (Å²) in [5, 5.41) is 4.54. The zero-order chi connectivity index (χ0) is 17.8. The fraction of sp³-hybridized carbons (Fsp3) is 0.500. The summed E-state index contributed by atoms with van der Waals surface area (Å²) in [6.45, 7) is 6.70. The first-order valence-electron chi connectivity index (χ1n) is 9.75. The number of nitrogens with zero attached hydrogens (tertiary/aromatic N) is 3. The van der Waals surface area contributed by atoms with Crippen LogP contribution in [0.1, 0.15) is 37.3 Å². The van der Waals surface area contributed by atoms with E-state index in [-0.39, 0.29) is 44.1 Å². The number of benzene rings is 1. The Balaban J connectivity index is 0.00000210. The van der Waals surface area contributed by atoms with E-state index in [2.05, 4.69) is 52.5 Å². The monoisotopic (exact) mass is 593 g/mol. The summed E-state index contributed by atoms with van der Waals surface area (Å²) in [5.74, 6) is 1.21. The molecule has 3 heterocycles. The molecule has 0 N–H and O–H groups in total. The SMILES string of the molecule is CC1(CCSc2ccc3c(c2)C[N-]CC3)CCN(c2ccncc2)CC1.[Ac]. The molecule has 1 radical (unpaired) electrons. The minimum Gasteiger partial charge on any atom is -0.658 e. The van der Waals surface area contributed by atoms with Gasteiger partial charge in [-0.25, -0.2) is 0 Å². The third-order valence-corrected chi connectivity index (χ3v) is 6.97. The van der Waals surface area contributed by atoms with Crippen molar-refractivity contribution in [3.05, 3.63) is 59.2 Å². The average molecular weight is 594 g/mol. The molecule has 0 amide bonds. The van der Waals surface area contributed by atoms with Crippen molar-refractivity contribution in [1.82, 2.24) is 4.98 Å². The van der Waals surface area contributed by atoms with Gasteiger partial charge in [-0.1, -0.05) is 18.6 Å². The van der Waals surface area contributed by atoms with Crippen molar-refractivity contribution in [3.8, 4) is 0 Å². The van der Waals surface area contributed by atoms with Crippen LogP contribution >= 0.6 is 11.8 Å². The first-order valence-corrected chi connectivity index (χ1v) is 10.7. The molecule has 0 bridgehead atoms. The van der Waals surface area contributed by atoms with Gasteiger partial charge in [-0.15, -0.1) is 24.9 Å². The van der Waals surface area contributed by atoms with Gasteiger partial charge in [0.25, 0.3) is 0 Å². The van der Waals surface area contributed by atoms with Gasteiger partial charge in [-0.2, -0.15) is 0 Å². The van der Waals surface area contributed by atoms with Crippen LogP contribution in [-0.2, 0) is 13.0 Å². The molecule has 2 aliphatic heterocycles. The van der Waals surface area contributed by atoms with E-state index in [1.165, 1.54) is 46.7 Å². The van der Waals surface area contributed by atoms with Crippen molar-refractivity contribution in [2.24, 2.45) is 5.41 Å². The van der Waals surface area contributed by atoms with Gasteiger partial charge in [-0.3, -0.25) is 4.98 Å². The summed E-state index contributed by atoms with van der Waals surface area (Å²) >= 11 is 2.02. The summed E-state index contributed by atoms with van der Waals surface area (Å²) < 4.78 is 0. The predicted octanol–water partition coefficient (Wildman–Crippen LogP) is 5.30. The Bertz CT molecular complexity index is 730. The fourth-order valence-electron chi connectivity index (χ4n) is 4.01. The average Bonchev–Trinajstić information content (AvgIpc) is 2.69. The number of fused-ring (bicyclic) bond motifs is 1. The van der Waals surface area contributed by atoms with E-state index >= 15 is 0 Å². The van der Waals surface area contributed by atoms with Gasteiger partial charge < -0.3 is 10.2 Å². The Morgan fingerprint density at radius 3 is 2.67 bits per heavy atom. The molecule has 1 saturated heterocycles. The fourth-order valence-corrected chi connectivity index (χ4v) is 5.23. The molecule has 3 nitrogen and oxygen atoms in total. The molecule has 2 aromatic rings. The maximum Gasteiger partial charge on any atom is 0.0397 e. The third-order valence-electron chi connectivity index (χ3n) is 5.97. The van der Waals surface area contributed by atoms with E-state index in [1.807, 2.05) is 24.2 Å². The van der Waals surface area contributed by atoms with Crippen molar-refractivity contribution in [1.29, 1.82) is 0 Å². The number of anilines is 1. The summed E-state index contributed by atoms with van der Waals surface area (Å²) in [5.41, 5.74) is 4.73. The van der Waals surface area contributed by atoms with Crippen molar-refractivity contribution in [2.75, 3.05) is 30.3 Å². The maximum absolute atomic E-state index is 4.54. The molecule has 0 aliphatic carbocycles. The van der Waals surface area contributed by atoms with Crippen LogP contribution in [0.5, 0.6) is 0 Å². The molecule has 0 unspecified atom stereocenters. The third kappa shape index (κ3) is 5.72. The zero-order valence-electron chi connectivity index (χ0n) is 16.2. The van der Waals surface area contributed by atoms with Crippen molar-refractivity contribution < 1.29 is 44.1 Å². The maximum atomic E-state index is 4.54. The minimum absolute atomic E-state index is 0. The number of hydrogen-bond acceptors (Lipinski definition) is 3. The van der Waals surface area contributed by atoms with Crippen LogP contribution < -0.4 is 4.90 Å². The first-order chi connectivity index (χ1) is 12.7. The van der Waals surface area contributed by atoms with E-state index < -0.39 is 0 Å². The van der Waals surface area contributed by atoms with E-state index in [0.29, 0.717) is 5.41 Å². The van der Waals surface area contributed by atoms with Crippen LogP contribution in [0.25, 0.3) is 5.32 Å². The number of thioether (sulfide) groups is 1. The Morgan fingerprint density at radius 2 is 1.89 bits per heavy atom. The number of hydrogen-bond donors (Lipinski definition) is 0. The van der Waals surface area contributed by atoms with Crippen LogP contribution in [0.3, 0.4) is 0 Å². The summed E-state index contributed by atoms with van der Waals surface area (Å²) in [4.78, 5) is 8.05. The van der Waals surface area contributed by atoms with E-state index in [0.717, 1.165) is 32.6 Å². The van der Waals surface area contributed by atoms with Crippen LogP contribution in [0.15, 0.2) is 47.6 Å². The molecule has 2 aliphatic rings. The second kappa shape index (κ2) is 10.1. The summed E-state index contributed by atoms with van der Waals surface area (Å²) in [7, 11) is 0. The Hall–Kier alpha value is -0.0784. The molecule has 4 rings (SSSR count). The number of aromatic nitrogens is 1. The molecule has 0 atom stereocenters. The van der Waals surface area contributed by atoms with Gasteiger partial charge in [0, 0.05) is 80.1 Å². The number of pyridine rings is 1.